The van der Waals surface area contributed by atoms with Crippen LogP contribution in [-0.4, -0.2) is 28.7 Å². The highest BCUT2D eigenvalue weighted by molar-refractivity contribution is 5.92. The maximum atomic E-state index is 12.1. The average Bonchev–Trinajstić information content (AvgIpc) is 3.29. The van der Waals surface area contributed by atoms with Crippen LogP contribution in [0.25, 0.3) is 0 Å². The molecule has 1 fully saturated rings. The van der Waals surface area contributed by atoms with Gasteiger partial charge in [0.1, 0.15) is 5.76 Å². The van der Waals surface area contributed by atoms with Crippen LogP contribution in [0.2, 0.25) is 0 Å². The molecule has 6 heteroatoms. The number of hydrogen-bond donors (Lipinski definition) is 2. The molecule has 1 aliphatic rings. The molecule has 1 unspecified atom stereocenters. The van der Waals surface area contributed by atoms with Crippen molar-refractivity contribution in [3.05, 3.63) is 53.4 Å². The summed E-state index contributed by atoms with van der Waals surface area (Å²) in [5.74, 6) is -0.910. The van der Waals surface area contributed by atoms with Gasteiger partial charge in [0, 0.05) is 18.5 Å². The smallest absolute Gasteiger partial charge is 0.308 e. The van der Waals surface area contributed by atoms with Gasteiger partial charge >= 0.3 is 5.97 Å². The normalized spacial score (nSPS) is 15.1. The second kappa shape index (κ2) is 6.64. The fourth-order valence-corrected chi connectivity index (χ4v) is 2.41. The molecule has 1 aromatic heterocycles. The van der Waals surface area contributed by atoms with Gasteiger partial charge in [0.25, 0.3) is 5.91 Å². The first-order valence-electron chi connectivity index (χ1n) is 7.65. The Morgan fingerprint density at radius 2 is 2.04 bits per heavy atom. The topological polar surface area (TPSA) is 92.4 Å². The Balaban J connectivity index is 1.57. The van der Waals surface area contributed by atoms with Crippen molar-refractivity contribution in [2.75, 3.05) is 6.54 Å². The second-order valence-corrected chi connectivity index (χ2v) is 5.82. The van der Waals surface area contributed by atoms with Crippen LogP contribution in [0.15, 0.2) is 40.9 Å². The zero-order valence-electron chi connectivity index (χ0n) is 12.6. The van der Waals surface area contributed by atoms with Crippen LogP contribution in [0.4, 0.5) is 0 Å². The van der Waals surface area contributed by atoms with Crippen LogP contribution in [0, 0.1) is 5.92 Å². The Kier molecular flexibility index (Phi) is 4.41. The zero-order chi connectivity index (χ0) is 16.2. The van der Waals surface area contributed by atoms with Gasteiger partial charge in [0.05, 0.1) is 5.92 Å². The fourth-order valence-electron chi connectivity index (χ4n) is 2.41. The number of hydrogen-bond acceptors (Lipinski definition) is 4. The number of nitrogens with zero attached hydrogens (tertiary/aromatic N) is 1. The van der Waals surface area contributed by atoms with Crippen molar-refractivity contribution in [2.45, 2.75) is 25.2 Å². The lowest BCUT2D eigenvalue weighted by molar-refractivity contribution is -0.141. The molecule has 1 aliphatic carbocycles. The maximum absolute atomic E-state index is 12.1. The van der Waals surface area contributed by atoms with E-state index in [-0.39, 0.29) is 12.2 Å². The number of aliphatic carboxylic acids is 1. The van der Waals surface area contributed by atoms with E-state index in [2.05, 4.69) is 10.5 Å². The summed E-state index contributed by atoms with van der Waals surface area (Å²) in [4.78, 5) is 23.4. The van der Waals surface area contributed by atoms with Crippen LogP contribution >= 0.6 is 0 Å². The molecule has 1 amide bonds. The number of aromatic nitrogens is 1. The van der Waals surface area contributed by atoms with E-state index in [9.17, 15) is 14.7 Å². The number of carboxylic acids is 1. The molecule has 2 N–H and O–H groups in total. The number of amides is 1. The second-order valence-electron chi connectivity index (χ2n) is 5.82. The lowest BCUT2D eigenvalue weighted by Crippen LogP contribution is -2.34. The van der Waals surface area contributed by atoms with Gasteiger partial charge in [-0.1, -0.05) is 35.5 Å². The highest BCUT2D eigenvalue weighted by atomic mass is 16.5. The standard InChI is InChI=1S/C17H18N2O4/c20-16(14-9-15(23-19-14)12-6-7-12)18-10-13(17(21)22)8-11-4-2-1-3-5-11/h1-5,9,12-13H,6-8,10H2,(H,18,20)(H,21,22). The molecule has 1 aromatic carbocycles. The maximum Gasteiger partial charge on any atom is 0.308 e. The lowest BCUT2D eigenvalue weighted by Gasteiger charge is -2.12. The Labute approximate surface area is 133 Å². The van der Waals surface area contributed by atoms with E-state index in [1.54, 1.807) is 6.07 Å². The molecule has 0 spiro atoms. The molecule has 1 heterocycles. The predicted molar refractivity (Wildman–Crippen MR) is 82.1 cm³/mol. The first-order chi connectivity index (χ1) is 11.1. The molecule has 1 saturated carbocycles. The number of nitrogens with one attached hydrogen (secondary N) is 1. The molecular weight excluding hydrogens is 296 g/mol. The Bertz CT molecular complexity index is 692. The number of carboxylic acid groups (broad SMARTS) is 1. The molecule has 0 bridgehead atoms. The monoisotopic (exact) mass is 314 g/mol. The van der Waals surface area contributed by atoms with E-state index < -0.39 is 17.8 Å². The Morgan fingerprint density at radius 1 is 1.30 bits per heavy atom. The Hall–Kier alpha value is -2.63. The summed E-state index contributed by atoms with van der Waals surface area (Å²) < 4.78 is 5.13. The average molecular weight is 314 g/mol. The summed E-state index contributed by atoms with van der Waals surface area (Å²) in [5, 5.41) is 15.7. The summed E-state index contributed by atoms with van der Waals surface area (Å²) in [5.41, 5.74) is 1.13. The van der Waals surface area contributed by atoms with E-state index in [1.165, 1.54) is 0 Å². The Morgan fingerprint density at radius 3 is 2.70 bits per heavy atom. The van der Waals surface area contributed by atoms with E-state index in [0.717, 1.165) is 24.2 Å². The van der Waals surface area contributed by atoms with Gasteiger partial charge in [-0.15, -0.1) is 0 Å². The van der Waals surface area contributed by atoms with E-state index in [0.29, 0.717) is 12.3 Å². The van der Waals surface area contributed by atoms with E-state index in [1.807, 2.05) is 30.3 Å². The number of carbonyl (C=O) groups excluding carboxylic acids is 1. The molecule has 0 aliphatic heterocycles. The van der Waals surface area contributed by atoms with Crippen LogP contribution in [0.1, 0.15) is 40.6 Å². The van der Waals surface area contributed by atoms with E-state index >= 15 is 0 Å². The number of rotatable bonds is 7. The number of carbonyl (C=O) groups is 2. The molecule has 120 valence electrons. The van der Waals surface area contributed by atoms with Crippen molar-refractivity contribution >= 4 is 11.9 Å². The van der Waals surface area contributed by atoms with Gasteiger partial charge < -0.3 is 14.9 Å². The predicted octanol–water partition coefficient (Wildman–Crippen LogP) is 2.23. The first-order valence-corrected chi connectivity index (χ1v) is 7.65. The third-order valence-electron chi connectivity index (χ3n) is 3.92. The summed E-state index contributed by atoms with van der Waals surface area (Å²) in [6.45, 7) is 0.0503. The molecule has 1 atom stereocenters. The molecule has 23 heavy (non-hydrogen) atoms. The number of benzene rings is 1. The van der Waals surface area contributed by atoms with Crippen molar-refractivity contribution in [1.82, 2.24) is 10.5 Å². The third-order valence-corrected chi connectivity index (χ3v) is 3.92. The van der Waals surface area contributed by atoms with Crippen molar-refractivity contribution < 1.29 is 19.2 Å². The van der Waals surface area contributed by atoms with Crippen molar-refractivity contribution in [3.63, 3.8) is 0 Å². The third kappa shape index (κ3) is 3.97. The van der Waals surface area contributed by atoms with Crippen LogP contribution in [0.3, 0.4) is 0 Å². The summed E-state index contributed by atoms with van der Waals surface area (Å²) in [6, 6.07) is 11.0. The van der Waals surface area contributed by atoms with Crippen molar-refractivity contribution in [1.29, 1.82) is 0 Å². The minimum Gasteiger partial charge on any atom is -0.481 e. The highest BCUT2D eigenvalue weighted by Gasteiger charge is 2.29. The molecule has 0 radical (unpaired) electrons. The van der Waals surface area contributed by atoms with Crippen molar-refractivity contribution in [3.8, 4) is 0 Å². The fraction of sp³-hybridized carbons (Fsp3) is 0.353. The largest absolute Gasteiger partial charge is 0.481 e. The minimum absolute atomic E-state index is 0.0503. The van der Waals surface area contributed by atoms with Gasteiger partial charge in [-0.05, 0) is 24.8 Å². The van der Waals surface area contributed by atoms with E-state index in [4.69, 9.17) is 4.52 Å². The quantitative estimate of drug-likeness (QED) is 0.817. The first kappa shape index (κ1) is 15.3. The van der Waals surface area contributed by atoms with Gasteiger partial charge in [0.15, 0.2) is 5.69 Å². The van der Waals surface area contributed by atoms with Crippen LogP contribution in [-0.2, 0) is 11.2 Å². The van der Waals surface area contributed by atoms with Crippen LogP contribution < -0.4 is 5.32 Å². The SMILES string of the molecule is O=C(NCC(Cc1ccccc1)C(=O)O)c1cc(C2CC2)on1. The van der Waals surface area contributed by atoms with Gasteiger partial charge in [-0.25, -0.2) is 0 Å². The lowest BCUT2D eigenvalue weighted by atomic mass is 9.99. The summed E-state index contributed by atoms with van der Waals surface area (Å²) in [7, 11) is 0. The van der Waals surface area contributed by atoms with Gasteiger partial charge in [-0.3, -0.25) is 9.59 Å². The van der Waals surface area contributed by atoms with Gasteiger partial charge in [0.2, 0.25) is 0 Å². The van der Waals surface area contributed by atoms with Crippen LogP contribution in [0.5, 0.6) is 0 Å². The molecule has 3 rings (SSSR count). The zero-order valence-corrected chi connectivity index (χ0v) is 12.6. The summed E-state index contributed by atoms with van der Waals surface area (Å²) >= 11 is 0. The molecule has 6 nitrogen and oxygen atoms in total. The van der Waals surface area contributed by atoms with Gasteiger partial charge in [-0.2, -0.15) is 0 Å². The van der Waals surface area contributed by atoms with Crippen molar-refractivity contribution in [2.24, 2.45) is 5.92 Å². The molecular formula is C17H18N2O4. The highest BCUT2D eigenvalue weighted by Crippen LogP contribution is 2.40. The summed E-state index contributed by atoms with van der Waals surface area (Å²) in [6.07, 6.45) is 2.49. The molecule has 2 aromatic rings. The molecule has 0 saturated heterocycles. The minimum atomic E-state index is -0.937.